The van der Waals surface area contributed by atoms with Crippen LogP contribution < -0.4 is 10.2 Å². The molecule has 2 aromatic rings. The van der Waals surface area contributed by atoms with Gasteiger partial charge in [0.25, 0.3) is 5.69 Å². The molecule has 3 rings (SSSR count). The number of anilines is 1. The number of fused-ring (bicyclic) bond motifs is 1. The van der Waals surface area contributed by atoms with Gasteiger partial charge in [-0.1, -0.05) is 0 Å². The Bertz CT molecular complexity index is 849. The van der Waals surface area contributed by atoms with Crippen LogP contribution in [0.2, 0.25) is 0 Å². The number of aromatic nitrogens is 2. The Hall–Kier alpha value is -2.97. The van der Waals surface area contributed by atoms with Crippen molar-refractivity contribution in [3.8, 4) is 0 Å². The molecule has 1 atom stereocenters. The maximum Gasteiger partial charge on any atom is 0.407 e. The number of hydrogen-bond acceptors (Lipinski definition) is 7. The van der Waals surface area contributed by atoms with Crippen LogP contribution in [0.5, 0.6) is 0 Å². The Morgan fingerprint density at radius 2 is 2.15 bits per heavy atom. The van der Waals surface area contributed by atoms with Gasteiger partial charge in [0, 0.05) is 30.6 Å². The first-order valence-corrected chi connectivity index (χ1v) is 8.36. The number of benzene rings is 1. The van der Waals surface area contributed by atoms with Crippen LogP contribution in [0.25, 0.3) is 10.9 Å². The predicted octanol–water partition coefficient (Wildman–Crippen LogP) is 2.64. The molecular weight excluding hydrogens is 338 g/mol. The molecule has 1 unspecified atom stereocenters. The summed E-state index contributed by atoms with van der Waals surface area (Å²) in [6, 6.07) is 4.50. The van der Waals surface area contributed by atoms with E-state index in [-0.39, 0.29) is 11.7 Å². The van der Waals surface area contributed by atoms with E-state index in [1.54, 1.807) is 6.07 Å². The number of rotatable bonds is 3. The number of nitrogens with zero attached hydrogens (tertiary/aromatic N) is 4. The molecule has 1 aliphatic heterocycles. The summed E-state index contributed by atoms with van der Waals surface area (Å²) in [4.78, 5) is 32.9. The second-order valence-corrected chi connectivity index (χ2v) is 7.23. The summed E-state index contributed by atoms with van der Waals surface area (Å²) in [5.74, 6) is 0.707. The predicted molar refractivity (Wildman–Crippen MR) is 96.2 cm³/mol. The third-order valence-electron chi connectivity index (χ3n) is 4.02. The smallest absolute Gasteiger partial charge is 0.407 e. The Balaban J connectivity index is 1.74. The quantitative estimate of drug-likeness (QED) is 0.662. The molecule has 1 fully saturated rings. The van der Waals surface area contributed by atoms with Crippen LogP contribution >= 0.6 is 0 Å². The lowest BCUT2D eigenvalue weighted by atomic mass is 10.2. The second kappa shape index (κ2) is 6.74. The molecule has 0 saturated carbocycles. The normalized spacial score (nSPS) is 17.3. The zero-order valence-corrected chi connectivity index (χ0v) is 14.9. The van der Waals surface area contributed by atoms with E-state index in [1.165, 1.54) is 18.5 Å². The summed E-state index contributed by atoms with van der Waals surface area (Å²) in [6.07, 6.45) is 1.72. The Morgan fingerprint density at radius 1 is 1.38 bits per heavy atom. The van der Waals surface area contributed by atoms with Gasteiger partial charge in [0.1, 0.15) is 17.7 Å². The zero-order valence-electron chi connectivity index (χ0n) is 14.9. The summed E-state index contributed by atoms with van der Waals surface area (Å²) < 4.78 is 5.29. The van der Waals surface area contributed by atoms with E-state index < -0.39 is 16.6 Å². The molecule has 1 saturated heterocycles. The van der Waals surface area contributed by atoms with E-state index in [4.69, 9.17) is 4.74 Å². The van der Waals surface area contributed by atoms with Crippen LogP contribution in [0.1, 0.15) is 27.2 Å². The molecule has 2 heterocycles. The first-order valence-electron chi connectivity index (χ1n) is 8.36. The van der Waals surface area contributed by atoms with E-state index in [2.05, 4.69) is 15.3 Å². The number of carbonyl (C=O) groups is 1. The SMILES string of the molecule is CC(C)(C)OC(=O)NC1CCN(c2ncnc3cc([N+](=O)[O-])ccc23)C1. The first-order chi connectivity index (χ1) is 12.2. The van der Waals surface area contributed by atoms with Gasteiger partial charge in [-0.3, -0.25) is 10.1 Å². The van der Waals surface area contributed by atoms with E-state index in [0.29, 0.717) is 24.4 Å². The van der Waals surface area contributed by atoms with Gasteiger partial charge >= 0.3 is 6.09 Å². The van der Waals surface area contributed by atoms with Crippen LogP contribution in [-0.4, -0.2) is 45.7 Å². The lowest BCUT2D eigenvalue weighted by Crippen LogP contribution is -2.40. The summed E-state index contributed by atoms with van der Waals surface area (Å²) in [5.41, 5.74) is -0.0271. The molecule has 1 aromatic carbocycles. The van der Waals surface area contributed by atoms with Crippen molar-refractivity contribution in [2.24, 2.45) is 0 Å². The standard InChI is InChI=1S/C17H21N5O4/c1-17(2,3)26-16(23)20-11-6-7-21(9-11)15-13-5-4-12(22(24)25)8-14(13)18-10-19-15/h4-5,8,10-11H,6-7,9H2,1-3H3,(H,20,23). The number of carbonyl (C=O) groups excluding carboxylic acids is 1. The minimum Gasteiger partial charge on any atom is -0.444 e. The largest absolute Gasteiger partial charge is 0.444 e. The molecule has 0 bridgehead atoms. The van der Waals surface area contributed by atoms with E-state index in [1.807, 2.05) is 25.7 Å². The van der Waals surface area contributed by atoms with Gasteiger partial charge in [-0.25, -0.2) is 14.8 Å². The van der Waals surface area contributed by atoms with Gasteiger partial charge in [0.05, 0.1) is 16.5 Å². The molecule has 1 aromatic heterocycles. The van der Waals surface area contributed by atoms with Crippen molar-refractivity contribution in [1.29, 1.82) is 0 Å². The van der Waals surface area contributed by atoms with E-state index >= 15 is 0 Å². The average molecular weight is 359 g/mol. The molecule has 1 amide bonds. The minimum absolute atomic E-state index is 0.00644. The molecule has 0 spiro atoms. The summed E-state index contributed by atoms with van der Waals surface area (Å²) in [7, 11) is 0. The fourth-order valence-corrected chi connectivity index (χ4v) is 2.94. The number of non-ortho nitro benzene ring substituents is 1. The second-order valence-electron chi connectivity index (χ2n) is 7.23. The molecule has 138 valence electrons. The maximum atomic E-state index is 11.9. The average Bonchev–Trinajstić information content (AvgIpc) is 2.99. The maximum absolute atomic E-state index is 11.9. The number of hydrogen-bond donors (Lipinski definition) is 1. The summed E-state index contributed by atoms with van der Waals surface area (Å²) in [5, 5.41) is 14.5. The monoisotopic (exact) mass is 359 g/mol. The summed E-state index contributed by atoms with van der Waals surface area (Å²) in [6.45, 7) is 6.76. The molecule has 26 heavy (non-hydrogen) atoms. The number of nitro groups is 1. The van der Waals surface area contributed by atoms with Gasteiger partial charge < -0.3 is 15.0 Å². The first kappa shape index (κ1) is 17.8. The van der Waals surface area contributed by atoms with Gasteiger partial charge in [0.15, 0.2) is 0 Å². The van der Waals surface area contributed by atoms with Crippen molar-refractivity contribution in [2.75, 3.05) is 18.0 Å². The van der Waals surface area contributed by atoms with Crippen LogP contribution in [0, 0.1) is 10.1 Å². The molecule has 0 radical (unpaired) electrons. The lowest BCUT2D eigenvalue weighted by molar-refractivity contribution is -0.384. The highest BCUT2D eigenvalue weighted by atomic mass is 16.6. The van der Waals surface area contributed by atoms with Crippen LogP contribution in [-0.2, 0) is 4.74 Å². The van der Waals surface area contributed by atoms with Crippen molar-refractivity contribution < 1.29 is 14.5 Å². The molecular formula is C17H21N5O4. The highest BCUT2D eigenvalue weighted by Gasteiger charge is 2.28. The number of nitro benzene ring substituents is 1. The highest BCUT2D eigenvalue weighted by Crippen LogP contribution is 2.28. The molecule has 9 heteroatoms. The molecule has 0 aliphatic carbocycles. The Morgan fingerprint density at radius 3 is 2.85 bits per heavy atom. The third-order valence-corrected chi connectivity index (χ3v) is 4.02. The van der Waals surface area contributed by atoms with Crippen LogP contribution in [0.3, 0.4) is 0 Å². The molecule has 1 N–H and O–H groups in total. The van der Waals surface area contributed by atoms with Gasteiger partial charge in [-0.2, -0.15) is 0 Å². The van der Waals surface area contributed by atoms with Crippen LogP contribution in [0.15, 0.2) is 24.5 Å². The minimum atomic E-state index is -0.542. The zero-order chi connectivity index (χ0) is 18.9. The van der Waals surface area contributed by atoms with Crippen molar-refractivity contribution in [2.45, 2.75) is 38.8 Å². The van der Waals surface area contributed by atoms with Gasteiger partial charge in [-0.05, 0) is 33.3 Å². The van der Waals surface area contributed by atoms with Crippen molar-refractivity contribution >= 4 is 28.5 Å². The molecule has 9 nitrogen and oxygen atoms in total. The summed E-state index contributed by atoms with van der Waals surface area (Å²) >= 11 is 0. The van der Waals surface area contributed by atoms with Crippen LogP contribution in [0.4, 0.5) is 16.3 Å². The van der Waals surface area contributed by atoms with Crippen molar-refractivity contribution in [3.05, 3.63) is 34.6 Å². The van der Waals surface area contributed by atoms with Gasteiger partial charge in [-0.15, -0.1) is 0 Å². The number of ether oxygens (including phenoxy) is 1. The lowest BCUT2D eigenvalue weighted by Gasteiger charge is -2.22. The topological polar surface area (TPSA) is 110 Å². The number of amides is 1. The fraction of sp³-hybridized carbons (Fsp3) is 0.471. The molecule has 1 aliphatic rings. The van der Waals surface area contributed by atoms with E-state index in [0.717, 1.165) is 11.8 Å². The van der Waals surface area contributed by atoms with E-state index in [9.17, 15) is 14.9 Å². The van der Waals surface area contributed by atoms with Crippen molar-refractivity contribution in [3.63, 3.8) is 0 Å². The number of alkyl carbamates (subject to hydrolysis) is 1. The van der Waals surface area contributed by atoms with Crippen molar-refractivity contribution in [1.82, 2.24) is 15.3 Å². The number of nitrogens with one attached hydrogen (secondary N) is 1. The highest BCUT2D eigenvalue weighted by molar-refractivity contribution is 5.90. The Kier molecular flexibility index (Phi) is 4.62. The fourth-order valence-electron chi connectivity index (χ4n) is 2.94. The van der Waals surface area contributed by atoms with Gasteiger partial charge in [0.2, 0.25) is 0 Å². The Labute approximate surface area is 150 Å². The third kappa shape index (κ3) is 3.98.